The number of aliphatic hydroxyl groups is 1. The molecule has 5 unspecified atom stereocenters. The van der Waals surface area contributed by atoms with E-state index in [1.165, 1.54) is 11.8 Å². The Labute approximate surface area is 179 Å². The highest BCUT2D eigenvalue weighted by molar-refractivity contribution is 6.00. The van der Waals surface area contributed by atoms with E-state index in [0.717, 1.165) is 6.20 Å². The van der Waals surface area contributed by atoms with Crippen LogP contribution in [-0.4, -0.2) is 68.1 Å². The quantitative estimate of drug-likeness (QED) is 0.636. The number of carboxylic acid groups (broad SMARTS) is 1. The van der Waals surface area contributed by atoms with Gasteiger partial charge >= 0.3 is 12.3 Å². The monoisotopic (exact) mass is 456 g/mol. The number of halogens is 4. The maximum Gasteiger partial charge on any atom is 0.418 e. The fraction of sp³-hybridized carbons (Fsp3) is 0.550. The van der Waals surface area contributed by atoms with Crippen molar-refractivity contribution >= 4 is 22.7 Å². The third-order valence-corrected chi connectivity index (χ3v) is 6.72. The molecule has 0 radical (unpaired) electrons. The van der Waals surface area contributed by atoms with Crippen molar-refractivity contribution in [3.05, 3.63) is 23.3 Å². The van der Waals surface area contributed by atoms with Gasteiger partial charge in [-0.3, -0.25) is 4.90 Å². The summed E-state index contributed by atoms with van der Waals surface area (Å²) in [5.74, 6) is -0.941. The number of ether oxygens (including phenoxy) is 1. The molecule has 0 aliphatic carbocycles. The van der Waals surface area contributed by atoms with Gasteiger partial charge in [-0.15, -0.1) is 0 Å². The standard InChI is InChI=1S/C20H20F4N4O4/c1-7-12(16(29)20(22,23)24)13-10(21)5-25-18-14(13)17(26-7)27-6-9-3-4-11(28(9)19(30)31)15(27)8(2)32-18/h5,8-9,11,15-16,29H,3-4,6H2,1-2H3,(H,30,31). The molecule has 2 saturated heterocycles. The molecule has 5 rings (SSSR count). The SMILES string of the molecule is Cc1nc2c3c(ncc(F)c3c1C(O)C(F)(F)F)OC(C)C1C3CCC(CN21)N3C(=O)O. The van der Waals surface area contributed by atoms with Crippen LogP contribution < -0.4 is 9.64 Å². The van der Waals surface area contributed by atoms with Crippen LogP contribution in [0.25, 0.3) is 10.8 Å². The number of carbonyl (C=O) groups is 1. The molecule has 2 aromatic rings. The number of hydrogen-bond donors (Lipinski definition) is 2. The summed E-state index contributed by atoms with van der Waals surface area (Å²) in [7, 11) is 0. The van der Waals surface area contributed by atoms with Gasteiger partial charge in [0.2, 0.25) is 5.88 Å². The minimum absolute atomic E-state index is 0.0496. The second-order valence-electron chi connectivity index (χ2n) is 8.49. The predicted molar refractivity (Wildman–Crippen MR) is 103 cm³/mol. The summed E-state index contributed by atoms with van der Waals surface area (Å²) in [6.07, 6.45) is -7.64. The van der Waals surface area contributed by atoms with E-state index in [2.05, 4.69) is 9.97 Å². The zero-order valence-corrected chi connectivity index (χ0v) is 17.1. The molecule has 0 aromatic carbocycles. The average Bonchev–Trinajstić information content (AvgIpc) is 2.95. The first kappa shape index (κ1) is 21.0. The van der Waals surface area contributed by atoms with Crippen molar-refractivity contribution in [1.82, 2.24) is 14.9 Å². The van der Waals surface area contributed by atoms with Crippen LogP contribution in [0.15, 0.2) is 6.20 Å². The second kappa shape index (κ2) is 6.80. The van der Waals surface area contributed by atoms with Crippen LogP contribution in [-0.2, 0) is 0 Å². The largest absolute Gasteiger partial charge is 0.472 e. The van der Waals surface area contributed by atoms with Gasteiger partial charge in [-0.25, -0.2) is 19.2 Å². The number of rotatable bonds is 1. The number of amides is 1. The number of anilines is 1. The fourth-order valence-electron chi connectivity index (χ4n) is 5.51. The Bertz CT molecular complexity index is 1130. The van der Waals surface area contributed by atoms with Gasteiger partial charge in [0.1, 0.15) is 17.7 Å². The highest BCUT2D eigenvalue weighted by Crippen LogP contribution is 2.48. The Hall–Kier alpha value is -2.89. The van der Waals surface area contributed by atoms with Crippen molar-refractivity contribution in [3.63, 3.8) is 0 Å². The maximum absolute atomic E-state index is 15.0. The first-order valence-electron chi connectivity index (χ1n) is 10.2. The number of aryl methyl sites for hydroxylation is 1. The third kappa shape index (κ3) is 2.81. The number of pyridine rings is 2. The number of fused-ring (bicyclic) bond motifs is 5. The van der Waals surface area contributed by atoms with Crippen molar-refractivity contribution in [3.8, 4) is 5.88 Å². The van der Waals surface area contributed by atoms with E-state index in [1.807, 2.05) is 4.90 Å². The molecular formula is C20H20F4N4O4. The van der Waals surface area contributed by atoms with E-state index in [1.54, 1.807) is 6.92 Å². The summed E-state index contributed by atoms with van der Waals surface area (Å²) in [5.41, 5.74) is -0.853. The van der Waals surface area contributed by atoms with Crippen LogP contribution in [0, 0.1) is 12.7 Å². The molecule has 8 nitrogen and oxygen atoms in total. The van der Waals surface area contributed by atoms with Crippen LogP contribution in [0.5, 0.6) is 5.88 Å². The molecule has 2 fully saturated rings. The van der Waals surface area contributed by atoms with Crippen LogP contribution >= 0.6 is 0 Å². The van der Waals surface area contributed by atoms with Gasteiger partial charge in [-0.05, 0) is 26.7 Å². The molecule has 32 heavy (non-hydrogen) atoms. The molecule has 3 aliphatic heterocycles. The lowest BCUT2D eigenvalue weighted by atomic mass is 9.96. The summed E-state index contributed by atoms with van der Waals surface area (Å²) in [5, 5.41) is 19.2. The van der Waals surface area contributed by atoms with E-state index < -0.39 is 53.3 Å². The van der Waals surface area contributed by atoms with Crippen LogP contribution in [0.1, 0.15) is 37.1 Å². The number of hydrogen-bond acceptors (Lipinski definition) is 6. The number of aromatic nitrogens is 2. The van der Waals surface area contributed by atoms with Gasteiger partial charge in [0.25, 0.3) is 0 Å². The Morgan fingerprint density at radius 1 is 1.31 bits per heavy atom. The molecule has 12 heteroatoms. The highest BCUT2D eigenvalue weighted by Gasteiger charge is 2.53. The van der Waals surface area contributed by atoms with E-state index >= 15 is 0 Å². The summed E-state index contributed by atoms with van der Waals surface area (Å²) in [6.45, 7) is 3.24. The first-order chi connectivity index (χ1) is 15.0. The Kier molecular flexibility index (Phi) is 4.46. The van der Waals surface area contributed by atoms with Gasteiger partial charge in [-0.2, -0.15) is 13.2 Å². The van der Waals surface area contributed by atoms with E-state index in [9.17, 15) is 32.6 Å². The second-order valence-corrected chi connectivity index (χ2v) is 8.49. The Morgan fingerprint density at radius 3 is 2.69 bits per heavy atom. The lowest BCUT2D eigenvalue weighted by molar-refractivity contribution is -0.206. The fourth-order valence-corrected chi connectivity index (χ4v) is 5.51. The van der Waals surface area contributed by atoms with Crippen molar-refractivity contribution in [2.45, 2.75) is 63.2 Å². The zero-order chi connectivity index (χ0) is 23.1. The van der Waals surface area contributed by atoms with E-state index in [-0.39, 0.29) is 35.4 Å². The summed E-state index contributed by atoms with van der Waals surface area (Å²) in [4.78, 5) is 23.4. The highest BCUT2D eigenvalue weighted by atomic mass is 19.4. The zero-order valence-electron chi connectivity index (χ0n) is 17.1. The minimum atomic E-state index is -5.03. The minimum Gasteiger partial charge on any atom is -0.472 e. The van der Waals surface area contributed by atoms with Gasteiger partial charge in [0.05, 0.1) is 29.7 Å². The first-order valence-corrected chi connectivity index (χ1v) is 10.2. The van der Waals surface area contributed by atoms with Gasteiger partial charge < -0.3 is 19.8 Å². The summed E-state index contributed by atoms with van der Waals surface area (Å²) >= 11 is 0. The molecule has 0 saturated carbocycles. The van der Waals surface area contributed by atoms with Crippen molar-refractivity contribution in [2.75, 3.05) is 11.4 Å². The summed E-state index contributed by atoms with van der Waals surface area (Å²) < 4.78 is 61.1. The topological polar surface area (TPSA) is 99.0 Å². The smallest absolute Gasteiger partial charge is 0.418 e. The molecule has 2 bridgehead atoms. The van der Waals surface area contributed by atoms with E-state index in [4.69, 9.17) is 4.74 Å². The molecule has 5 heterocycles. The molecule has 3 aliphatic rings. The molecule has 2 N–H and O–H groups in total. The lowest BCUT2D eigenvalue weighted by Crippen LogP contribution is -2.64. The molecule has 5 atom stereocenters. The maximum atomic E-state index is 15.0. The van der Waals surface area contributed by atoms with Gasteiger partial charge in [-0.1, -0.05) is 0 Å². The van der Waals surface area contributed by atoms with Gasteiger partial charge in [0, 0.05) is 23.2 Å². The predicted octanol–water partition coefficient (Wildman–Crippen LogP) is 3.15. The molecule has 172 valence electrons. The van der Waals surface area contributed by atoms with Crippen molar-refractivity contribution < 1.29 is 37.3 Å². The van der Waals surface area contributed by atoms with Crippen LogP contribution in [0.4, 0.5) is 28.2 Å². The Balaban J connectivity index is 1.77. The average molecular weight is 456 g/mol. The van der Waals surface area contributed by atoms with Crippen molar-refractivity contribution in [2.24, 2.45) is 0 Å². The van der Waals surface area contributed by atoms with Gasteiger partial charge in [0.15, 0.2) is 6.10 Å². The lowest BCUT2D eigenvalue weighted by Gasteiger charge is -2.47. The number of piperazine rings is 1. The van der Waals surface area contributed by atoms with Crippen LogP contribution in [0.2, 0.25) is 0 Å². The molecule has 0 spiro atoms. The number of nitrogens with zero attached hydrogens (tertiary/aromatic N) is 4. The molecule has 2 aromatic heterocycles. The molecule has 1 amide bonds. The van der Waals surface area contributed by atoms with Crippen molar-refractivity contribution in [1.29, 1.82) is 0 Å². The summed E-state index contributed by atoms with van der Waals surface area (Å²) in [6, 6.07) is -1.24. The van der Waals surface area contributed by atoms with Crippen LogP contribution in [0.3, 0.4) is 0 Å². The Morgan fingerprint density at radius 2 is 2.03 bits per heavy atom. The third-order valence-electron chi connectivity index (χ3n) is 6.72. The normalized spacial score (nSPS) is 27.7. The number of alkyl halides is 3. The molecular weight excluding hydrogens is 436 g/mol. The number of aliphatic hydroxyl groups excluding tert-OH is 1. The van der Waals surface area contributed by atoms with E-state index in [0.29, 0.717) is 12.8 Å².